The quantitative estimate of drug-likeness (QED) is 0.832. The van der Waals surface area contributed by atoms with Crippen molar-refractivity contribution in [1.29, 1.82) is 0 Å². The van der Waals surface area contributed by atoms with E-state index < -0.39 is 5.97 Å². The smallest absolute Gasteiger partial charge is 0.358 e. The first kappa shape index (κ1) is 13.2. The van der Waals surface area contributed by atoms with E-state index in [1.807, 2.05) is 0 Å². The second-order valence-electron chi connectivity index (χ2n) is 4.53. The number of carbonyl (C=O) groups excluding carboxylic acids is 2. The van der Waals surface area contributed by atoms with Gasteiger partial charge in [-0.3, -0.25) is 9.89 Å². The van der Waals surface area contributed by atoms with Crippen LogP contribution in [-0.4, -0.2) is 35.8 Å². The number of aromatic amines is 1. The van der Waals surface area contributed by atoms with Crippen LogP contribution in [0.5, 0.6) is 5.75 Å². The zero-order valence-corrected chi connectivity index (χ0v) is 11.3. The van der Waals surface area contributed by atoms with Crippen LogP contribution in [0.25, 0.3) is 0 Å². The van der Waals surface area contributed by atoms with Gasteiger partial charge in [-0.2, -0.15) is 5.10 Å². The average Bonchev–Trinajstić information content (AvgIpc) is 3.14. The number of aromatic nitrogens is 2. The van der Waals surface area contributed by atoms with Crippen molar-refractivity contribution in [1.82, 2.24) is 10.2 Å². The van der Waals surface area contributed by atoms with Gasteiger partial charge in [-0.05, 0) is 23.8 Å². The Morgan fingerprint density at radius 1 is 1.43 bits per heavy atom. The molecule has 7 heteroatoms. The number of hydrogen-bond donors (Lipinski definition) is 2. The first-order valence-electron chi connectivity index (χ1n) is 6.38. The molecule has 0 aliphatic carbocycles. The third kappa shape index (κ3) is 2.45. The number of nitrogens with one attached hydrogen (secondary N) is 2. The van der Waals surface area contributed by atoms with E-state index in [-0.39, 0.29) is 17.3 Å². The molecule has 2 heterocycles. The second kappa shape index (κ2) is 5.28. The zero-order valence-electron chi connectivity index (χ0n) is 11.3. The van der Waals surface area contributed by atoms with E-state index >= 15 is 0 Å². The molecule has 0 bridgehead atoms. The number of amides is 1. The van der Waals surface area contributed by atoms with Gasteiger partial charge >= 0.3 is 5.97 Å². The van der Waals surface area contributed by atoms with Gasteiger partial charge in [0.1, 0.15) is 5.75 Å². The molecular weight excluding hydrogens is 274 g/mol. The molecule has 7 nitrogen and oxygen atoms in total. The number of nitrogens with zero attached hydrogens (tertiary/aromatic N) is 1. The molecule has 0 saturated carbocycles. The monoisotopic (exact) mass is 287 g/mol. The molecule has 0 unspecified atom stereocenters. The Morgan fingerprint density at radius 2 is 2.29 bits per heavy atom. The lowest BCUT2D eigenvalue weighted by molar-refractivity contribution is 0.0595. The summed E-state index contributed by atoms with van der Waals surface area (Å²) in [5.41, 5.74) is 1.89. The summed E-state index contributed by atoms with van der Waals surface area (Å²) >= 11 is 0. The van der Waals surface area contributed by atoms with Gasteiger partial charge in [0, 0.05) is 12.0 Å². The summed E-state index contributed by atoms with van der Waals surface area (Å²) in [7, 11) is 1.26. The third-order valence-electron chi connectivity index (χ3n) is 3.23. The summed E-state index contributed by atoms with van der Waals surface area (Å²) in [5.74, 6) is -0.105. The van der Waals surface area contributed by atoms with Crippen LogP contribution in [0.15, 0.2) is 24.4 Å². The maximum Gasteiger partial charge on any atom is 0.358 e. The number of benzene rings is 1. The molecule has 0 radical (unpaired) electrons. The molecule has 2 aromatic rings. The minimum absolute atomic E-state index is 0.107. The van der Waals surface area contributed by atoms with Crippen molar-refractivity contribution in [3.8, 4) is 5.75 Å². The highest BCUT2D eigenvalue weighted by atomic mass is 16.5. The Bertz CT molecular complexity index is 708. The number of fused-ring (bicyclic) bond motifs is 1. The summed E-state index contributed by atoms with van der Waals surface area (Å²) < 4.78 is 10.0. The average molecular weight is 287 g/mol. The lowest BCUT2D eigenvalue weighted by Crippen LogP contribution is -2.14. The molecule has 0 spiro atoms. The summed E-state index contributed by atoms with van der Waals surface area (Å²) in [5, 5.41) is 8.87. The molecule has 0 atom stereocenters. The highest BCUT2D eigenvalue weighted by molar-refractivity contribution is 6.07. The summed E-state index contributed by atoms with van der Waals surface area (Å²) in [6.07, 6.45) is 2.15. The van der Waals surface area contributed by atoms with E-state index in [2.05, 4.69) is 20.3 Å². The zero-order chi connectivity index (χ0) is 14.8. The van der Waals surface area contributed by atoms with Gasteiger partial charge < -0.3 is 14.8 Å². The van der Waals surface area contributed by atoms with E-state index in [1.165, 1.54) is 13.3 Å². The number of ether oxygens (including phenoxy) is 2. The number of rotatable bonds is 3. The lowest BCUT2D eigenvalue weighted by atomic mass is 10.1. The predicted molar refractivity (Wildman–Crippen MR) is 73.5 cm³/mol. The maximum absolute atomic E-state index is 12.2. The molecule has 2 N–H and O–H groups in total. The highest BCUT2D eigenvalue weighted by Gasteiger charge is 2.19. The van der Waals surface area contributed by atoms with E-state index in [4.69, 9.17) is 4.74 Å². The molecule has 0 fully saturated rings. The fourth-order valence-electron chi connectivity index (χ4n) is 2.16. The molecule has 1 aliphatic heterocycles. The Morgan fingerprint density at radius 3 is 3.10 bits per heavy atom. The van der Waals surface area contributed by atoms with Crippen LogP contribution >= 0.6 is 0 Å². The van der Waals surface area contributed by atoms with Crippen molar-refractivity contribution >= 4 is 17.6 Å². The standard InChI is InChI=1S/C14H13N3O4/c1-20-14(19)12-10(7-15-17-12)16-13(18)9-2-3-11-8(6-9)4-5-21-11/h2-3,6-7H,4-5H2,1H3,(H,15,17)(H,16,18). The normalized spacial score (nSPS) is 12.4. The molecule has 1 aromatic heterocycles. The largest absolute Gasteiger partial charge is 0.493 e. The summed E-state index contributed by atoms with van der Waals surface area (Å²) in [6.45, 7) is 0.634. The van der Waals surface area contributed by atoms with Crippen molar-refractivity contribution < 1.29 is 19.1 Å². The van der Waals surface area contributed by atoms with Crippen LogP contribution in [0.4, 0.5) is 5.69 Å². The van der Waals surface area contributed by atoms with Crippen LogP contribution in [0.2, 0.25) is 0 Å². The number of anilines is 1. The van der Waals surface area contributed by atoms with Gasteiger partial charge in [-0.1, -0.05) is 0 Å². The third-order valence-corrected chi connectivity index (χ3v) is 3.23. The topological polar surface area (TPSA) is 93.3 Å². The van der Waals surface area contributed by atoms with Crippen LogP contribution in [0, 0.1) is 0 Å². The van der Waals surface area contributed by atoms with Gasteiger partial charge in [0.15, 0.2) is 5.69 Å². The van der Waals surface area contributed by atoms with Crippen molar-refractivity contribution in [2.45, 2.75) is 6.42 Å². The van der Waals surface area contributed by atoms with Crippen molar-refractivity contribution in [3.63, 3.8) is 0 Å². The molecule has 1 amide bonds. The van der Waals surface area contributed by atoms with Crippen LogP contribution in [0.1, 0.15) is 26.4 Å². The van der Waals surface area contributed by atoms with Crippen LogP contribution < -0.4 is 10.1 Å². The Balaban J connectivity index is 1.81. The molecule has 108 valence electrons. The van der Waals surface area contributed by atoms with E-state index in [0.717, 1.165) is 17.7 Å². The van der Waals surface area contributed by atoms with Crippen molar-refractivity contribution in [2.24, 2.45) is 0 Å². The van der Waals surface area contributed by atoms with Gasteiger partial charge in [-0.15, -0.1) is 0 Å². The van der Waals surface area contributed by atoms with Gasteiger partial charge in [0.2, 0.25) is 0 Å². The second-order valence-corrected chi connectivity index (χ2v) is 4.53. The van der Waals surface area contributed by atoms with Crippen molar-refractivity contribution in [3.05, 3.63) is 41.2 Å². The predicted octanol–water partition coefficient (Wildman–Crippen LogP) is 1.38. The van der Waals surface area contributed by atoms with Gasteiger partial charge in [-0.25, -0.2) is 4.79 Å². The SMILES string of the molecule is COC(=O)c1[nH]ncc1NC(=O)c1ccc2c(c1)CCO2. The Labute approximate surface area is 120 Å². The van der Waals surface area contributed by atoms with Crippen LogP contribution in [-0.2, 0) is 11.2 Å². The molecule has 3 rings (SSSR count). The fraction of sp³-hybridized carbons (Fsp3) is 0.214. The lowest BCUT2D eigenvalue weighted by Gasteiger charge is -2.06. The van der Waals surface area contributed by atoms with E-state index in [9.17, 15) is 9.59 Å². The molecule has 1 aliphatic rings. The minimum Gasteiger partial charge on any atom is -0.493 e. The first-order chi connectivity index (χ1) is 10.2. The molecule has 1 aromatic carbocycles. The first-order valence-corrected chi connectivity index (χ1v) is 6.38. The summed E-state index contributed by atoms with van der Waals surface area (Å²) in [6, 6.07) is 5.24. The number of H-pyrrole nitrogens is 1. The molecule has 0 saturated heterocycles. The summed E-state index contributed by atoms with van der Waals surface area (Å²) in [4.78, 5) is 23.7. The number of hydrogen-bond acceptors (Lipinski definition) is 5. The molecular formula is C14H13N3O4. The minimum atomic E-state index is -0.592. The molecule has 21 heavy (non-hydrogen) atoms. The van der Waals surface area contributed by atoms with Gasteiger partial charge in [0.25, 0.3) is 5.91 Å². The Kier molecular flexibility index (Phi) is 3.31. The Hall–Kier alpha value is -2.83. The van der Waals surface area contributed by atoms with E-state index in [1.54, 1.807) is 18.2 Å². The van der Waals surface area contributed by atoms with Crippen LogP contribution in [0.3, 0.4) is 0 Å². The number of esters is 1. The fourth-order valence-corrected chi connectivity index (χ4v) is 2.16. The van der Waals surface area contributed by atoms with Crippen molar-refractivity contribution in [2.75, 3.05) is 19.0 Å². The number of carbonyl (C=O) groups is 2. The maximum atomic E-state index is 12.2. The van der Waals surface area contributed by atoms with E-state index in [0.29, 0.717) is 12.2 Å². The van der Waals surface area contributed by atoms with Gasteiger partial charge in [0.05, 0.1) is 25.6 Å². The highest BCUT2D eigenvalue weighted by Crippen LogP contribution is 2.26. The number of methoxy groups -OCH3 is 1.